The maximum atomic E-state index is 13.1. The molecular formula is C13H13FN2O4S. The Kier molecular flexibility index (Phi) is 3.99. The summed E-state index contributed by atoms with van der Waals surface area (Å²) in [7, 11) is -3.98. The molecule has 8 heteroatoms. The van der Waals surface area contributed by atoms with Crippen molar-refractivity contribution in [2.75, 3.05) is 4.72 Å². The van der Waals surface area contributed by atoms with E-state index in [-0.39, 0.29) is 16.3 Å². The number of carboxylic acid groups (broad SMARTS) is 1. The van der Waals surface area contributed by atoms with Crippen molar-refractivity contribution in [1.29, 1.82) is 0 Å². The van der Waals surface area contributed by atoms with E-state index in [4.69, 9.17) is 5.11 Å². The molecule has 6 nitrogen and oxygen atoms in total. The molecule has 1 aromatic heterocycles. The van der Waals surface area contributed by atoms with Crippen molar-refractivity contribution < 1.29 is 22.7 Å². The molecule has 2 N–H and O–H groups in total. The van der Waals surface area contributed by atoms with Gasteiger partial charge < -0.3 is 9.67 Å². The van der Waals surface area contributed by atoms with Gasteiger partial charge in [0.2, 0.25) is 0 Å². The number of hydrogen-bond acceptors (Lipinski definition) is 3. The fraction of sp³-hybridized carbons (Fsp3) is 0.154. The second-order valence-electron chi connectivity index (χ2n) is 4.27. The molecule has 0 unspecified atom stereocenters. The zero-order chi connectivity index (χ0) is 15.6. The molecule has 0 aliphatic carbocycles. The van der Waals surface area contributed by atoms with E-state index in [1.165, 1.54) is 29.0 Å². The molecule has 112 valence electrons. The van der Waals surface area contributed by atoms with Crippen LogP contribution in [-0.2, 0) is 16.6 Å². The average Bonchev–Trinajstić information content (AvgIpc) is 2.83. The first-order chi connectivity index (χ1) is 9.83. The Hall–Kier alpha value is -2.35. The molecule has 0 fully saturated rings. The van der Waals surface area contributed by atoms with Crippen molar-refractivity contribution >= 4 is 21.7 Å². The summed E-state index contributed by atoms with van der Waals surface area (Å²) < 4.78 is 40.9. The van der Waals surface area contributed by atoms with Gasteiger partial charge in [-0.1, -0.05) is 6.07 Å². The standard InChI is InChI=1S/C13H13FN2O4S/c1-2-16-8-11(7-12(16)13(17)18)21(19,20)15-10-5-3-4-9(14)6-10/h3-8,15H,2H2,1H3,(H,17,18). The molecule has 2 rings (SSSR count). The fourth-order valence-electron chi connectivity index (χ4n) is 1.84. The van der Waals surface area contributed by atoms with E-state index in [9.17, 15) is 17.6 Å². The zero-order valence-corrected chi connectivity index (χ0v) is 11.9. The third-order valence-electron chi connectivity index (χ3n) is 2.82. The van der Waals surface area contributed by atoms with Crippen LogP contribution >= 0.6 is 0 Å². The van der Waals surface area contributed by atoms with Crippen molar-refractivity contribution in [3.8, 4) is 0 Å². The molecule has 1 heterocycles. The lowest BCUT2D eigenvalue weighted by molar-refractivity contribution is 0.0685. The van der Waals surface area contributed by atoms with Crippen LogP contribution in [0, 0.1) is 5.82 Å². The Morgan fingerprint density at radius 1 is 1.38 bits per heavy atom. The van der Waals surface area contributed by atoms with Crippen molar-refractivity contribution in [2.45, 2.75) is 18.4 Å². The SMILES string of the molecule is CCn1cc(S(=O)(=O)Nc2cccc(F)c2)cc1C(=O)O. The van der Waals surface area contributed by atoms with Crippen molar-refractivity contribution in [3.63, 3.8) is 0 Å². The largest absolute Gasteiger partial charge is 0.477 e. The predicted octanol–water partition coefficient (Wildman–Crippen LogP) is 2.15. The van der Waals surface area contributed by atoms with E-state index >= 15 is 0 Å². The maximum absolute atomic E-state index is 13.1. The van der Waals surface area contributed by atoms with Gasteiger partial charge in [0.05, 0.1) is 5.69 Å². The number of aromatic nitrogens is 1. The molecule has 21 heavy (non-hydrogen) atoms. The number of nitrogens with one attached hydrogen (secondary N) is 1. The van der Waals surface area contributed by atoms with Crippen LogP contribution in [0.3, 0.4) is 0 Å². The van der Waals surface area contributed by atoms with Gasteiger partial charge >= 0.3 is 5.97 Å². The third-order valence-corrected chi connectivity index (χ3v) is 4.17. The Morgan fingerprint density at radius 2 is 2.10 bits per heavy atom. The van der Waals surface area contributed by atoms with Crippen LogP contribution < -0.4 is 4.72 Å². The lowest BCUT2D eigenvalue weighted by Gasteiger charge is -2.06. The molecule has 0 spiro atoms. The van der Waals surface area contributed by atoms with Crippen molar-refractivity contribution in [2.24, 2.45) is 0 Å². The minimum absolute atomic E-state index is 0.0659. The van der Waals surface area contributed by atoms with Gasteiger partial charge in [-0.25, -0.2) is 17.6 Å². The Morgan fingerprint density at radius 3 is 2.62 bits per heavy atom. The number of sulfonamides is 1. The van der Waals surface area contributed by atoms with Crippen LogP contribution in [0.25, 0.3) is 0 Å². The number of benzene rings is 1. The summed E-state index contributed by atoms with van der Waals surface area (Å²) in [4.78, 5) is 10.8. The summed E-state index contributed by atoms with van der Waals surface area (Å²) in [5.74, 6) is -1.79. The van der Waals surface area contributed by atoms with Gasteiger partial charge in [-0.2, -0.15) is 0 Å². The number of carbonyl (C=O) groups is 1. The predicted molar refractivity (Wildman–Crippen MR) is 74.3 cm³/mol. The summed E-state index contributed by atoms with van der Waals surface area (Å²) in [5.41, 5.74) is -0.0618. The highest BCUT2D eigenvalue weighted by Crippen LogP contribution is 2.19. The molecule has 0 saturated heterocycles. The first-order valence-electron chi connectivity index (χ1n) is 6.05. The number of hydrogen-bond donors (Lipinski definition) is 2. The van der Waals surface area contributed by atoms with Crippen LogP contribution in [-0.4, -0.2) is 24.1 Å². The molecule has 0 aliphatic heterocycles. The highest BCUT2D eigenvalue weighted by molar-refractivity contribution is 7.92. The first kappa shape index (κ1) is 15.0. The molecule has 0 atom stereocenters. The minimum Gasteiger partial charge on any atom is -0.477 e. The van der Waals surface area contributed by atoms with Gasteiger partial charge in [-0.05, 0) is 31.2 Å². The van der Waals surface area contributed by atoms with Gasteiger partial charge in [0.15, 0.2) is 0 Å². The average molecular weight is 312 g/mol. The van der Waals surface area contributed by atoms with Gasteiger partial charge in [-0.3, -0.25) is 4.72 Å². The Balaban J connectivity index is 2.38. The molecule has 0 aliphatic rings. The van der Waals surface area contributed by atoms with Crippen LogP contribution in [0.4, 0.5) is 10.1 Å². The van der Waals surface area contributed by atoms with Crippen LogP contribution in [0.2, 0.25) is 0 Å². The number of nitrogens with zero attached hydrogens (tertiary/aromatic N) is 1. The van der Waals surface area contributed by atoms with Gasteiger partial charge in [-0.15, -0.1) is 0 Å². The number of aryl methyl sites for hydroxylation is 1. The topological polar surface area (TPSA) is 88.4 Å². The fourth-order valence-corrected chi connectivity index (χ4v) is 2.93. The molecule has 2 aromatic rings. The second kappa shape index (κ2) is 5.57. The Labute approximate surface area is 120 Å². The van der Waals surface area contributed by atoms with E-state index in [0.29, 0.717) is 6.54 Å². The number of rotatable bonds is 5. The van der Waals surface area contributed by atoms with E-state index in [1.807, 2.05) is 0 Å². The van der Waals surface area contributed by atoms with Gasteiger partial charge in [0, 0.05) is 12.7 Å². The maximum Gasteiger partial charge on any atom is 0.352 e. The number of carboxylic acids is 1. The van der Waals surface area contributed by atoms with E-state index in [1.54, 1.807) is 6.92 Å². The molecular weight excluding hydrogens is 299 g/mol. The number of halogens is 1. The molecule has 1 aromatic carbocycles. The van der Waals surface area contributed by atoms with Gasteiger partial charge in [0.25, 0.3) is 10.0 Å². The Bertz CT molecular complexity index is 783. The van der Waals surface area contributed by atoms with Gasteiger partial charge in [0.1, 0.15) is 16.4 Å². The monoisotopic (exact) mass is 312 g/mol. The number of anilines is 1. The van der Waals surface area contributed by atoms with Crippen LogP contribution in [0.5, 0.6) is 0 Å². The lowest BCUT2D eigenvalue weighted by atomic mass is 10.3. The summed E-state index contributed by atoms with van der Waals surface area (Å²) >= 11 is 0. The third kappa shape index (κ3) is 3.22. The molecule has 0 bridgehead atoms. The van der Waals surface area contributed by atoms with Crippen LogP contribution in [0.1, 0.15) is 17.4 Å². The van der Waals surface area contributed by atoms with E-state index in [2.05, 4.69) is 4.72 Å². The summed E-state index contributed by atoms with van der Waals surface area (Å²) in [6, 6.07) is 6.05. The minimum atomic E-state index is -3.98. The highest BCUT2D eigenvalue weighted by atomic mass is 32.2. The summed E-state index contributed by atoms with van der Waals surface area (Å²) in [6.45, 7) is 2.01. The van der Waals surface area contributed by atoms with Crippen molar-refractivity contribution in [1.82, 2.24) is 4.57 Å². The van der Waals surface area contributed by atoms with Crippen molar-refractivity contribution in [3.05, 3.63) is 48.0 Å². The summed E-state index contributed by atoms with van der Waals surface area (Å²) in [6.07, 6.45) is 1.23. The van der Waals surface area contributed by atoms with Crippen LogP contribution in [0.15, 0.2) is 41.4 Å². The highest BCUT2D eigenvalue weighted by Gasteiger charge is 2.21. The molecule has 0 amide bonds. The zero-order valence-electron chi connectivity index (χ0n) is 11.1. The lowest BCUT2D eigenvalue weighted by Crippen LogP contribution is -2.12. The smallest absolute Gasteiger partial charge is 0.352 e. The molecule has 0 saturated carbocycles. The summed E-state index contributed by atoms with van der Waals surface area (Å²) in [5, 5.41) is 9.02. The van der Waals surface area contributed by atoms with E-state index < -0.39 is 21.8 Å². The normalized spacial score (nSPS) is 11.3. The van der Waals surface area contributed by atoms with E-state index in [0.717, 1.165) is 12.1 Å². The number of aromatic carboxylic acids is 1. The molecule has 0 radical (unpaired) electrons. The second-order valence-corrected chi connectivity index (χ2v) is 5.95. The first-order valence-corrected chi connectivity index (χ1v) is 7.53. The quantitative estimate of drug-likeness (QED) is 0.885.